The molecule has 32 heavy (non-hydrogen) atoms. The van der Waals surface area contributed by atoms with Crippen LogP contribution in [0.4, 0.5) is 4.79 Å². The van der Waals surface area contributed by atoms with Gasteiger partial charge in [0.2, 0.25) is 0 Å². The van der Waals surface area contributed by atoms with E-state index in [9.17, 15) is 18.0 Å². The number of nitrogens with zero attached hydrogens (tertiary/aromatic N) is 3. The van der Waals surface area contributed by atoms with Gasteiger partial charge in [-0.05, 0) is 58.2 Å². The maximum atomic E-state index is 12.7. The van der Waals surface area contributed by atoms with Crippen molar-refractivity contribution < 1.29 is 23.2 Å². The molecule has 0 spiro atoms. The fourth-order valence-corrected chi connectivity index (χ4v) is 4.82. The molecular weight excluding hydrogens is 432 g/mol. The zero-order valence-corrected chi connectivity index (χ0v) is 19.5. The van der Waals surface area contributed by atoms with Crippen molar-refractivity contribution in [2.75, 3.05) is 32.9 Å². The minimum absolute atomic E-state index is 0.0387. The van der Waals surface area contributed by atoms with Crippen LogP contribution in [0.5, 0.6) is 0 Å². The van der Waals surface area contributed by atoms with Crippen molar-refractivity contribution in [2.45, 2.75) is 38.0 Å². The second-order valence-corrected chi connectivity index (χ2v) is 11.5. The van der Waals surface area contributed by atoms with Crippen LogP contribution in [0.3, 0.4) is 0 Å². The van der Waals surface area contributed by atoms with Crippen LogP contribution in [0, 0.1) is 29.1 Å². The summed E-state index contributed by atoms with van der Waals surface area (Å²) in [6.45, 7) is 5.62. The molecule has 3 rings (SSSR count). The molecule has 0 bridgehead atoms. The van der Waals surface area contributed by atoms with E-state index in [0.717, 1.165) is 31.5 Å². The number of carbonyl (C=O) groups excluding carboxylic acids is 2. The molecule has 1 fully saturated rings. The molecule has 2 unspecified atom stereocenters. The first kappa shape index (κ1) is 23.9. The van der Waals surface area contributed by atoms with E-state index in [1.807, 2.05) is 0 Å². The van der Waals surface area contributed by atoms with Crippen LogP contribution in [-0.4, -0.2) is 77.6 Å². The van der Waals surface area contributed by atoms with Crippen molar-refractivity contribution in [3.8, 4) is 23.7 Å². The third kappa shape index (κ3) is 4.68. The number of likely N-dealkylation sites (tertiary alicyclic amines) is 1. The molecule has 172 valence electrons. The molecular formula is C22H28N4O5S. The molecule has 0 saturated carbocycles. The lowest BCUT2D eigenvalue weighted by atomic mass is 9.91. The fraction of sp³-hybridized carbons (Fsp3) is 0.545. The Hall–Kier alpha value is -2.79. The predicted octanol–water partition coefficient (Wildman–Crippen LogP) is 0.667. The van der Waals surface area contributed by atoms with Gasteiger partial charge in [-0.15, -0.1) is 0 Å². The first-order valence-electron chi connectivity index (χ1n) is 10.2. The van der Waals surface area contributed by atoms with E-state index in [-0.39, 0.29) is 31.0 Å². The van der Waals surface area contributed by atoms with Gasteiger partial charge in [-0.25, -0.2) is 18.7 Å². The topological polar surface area (TPSA) is 112 Å². The smallest absolute Gasteiger partial charge is 0.318 e. The van der Waals surface area contributed by atoms with Gasteiger partial charge in [-0.2, -0.15) is 0 Å². The molecule has 1 aromatic rings. The van der Waals surface area contributed by atoms with Crippen molar-refractivity contribution in [3.05, 3.63) is 23.5 Å². The Balaban J connectivity index is 1.65. The maximum Gasteiger partial charge on any atom is 0.328 e. The molecule has 9 nitrogen and oxygen atoms in total. The monoisotopic (exact) mass is 460 g/mol. The average molecular weight is 461 g/mol. The number of sulfone groups is 1. The lowest BCUT2D eigenvalue weighted by Crippen LogP contribution is -2.50. The number of fused-ring (bicyclic) bond motifs is 1. The Kier molecular flexibility index (Phi) is 6.43. The van der Waals surface area contributed by atoms with Crippen LogP contribution < -0.4 is 5.48 Å². The van der Waals surface area contributed by atoms with Crippen molar-refractivity contribution in [3.63, 3.8) is 0 Å². The highest BCUT2D eigenvalue weighted by molar-refractivity contribution is 7.92. The number of hydrogen-bond acceptors (Lipinski definition) is 6. The first-order chi connectivity index (χ1) is 14.9. The minimum atomic E-state index is -3.82. The Labute approximate surface area is 188 Å². The lowest BCUT2D eigenvalue weighted by Gasteiger charge is -2.27. The predicted molar refractivity (Wildman–Crippen MR) is 118 cm³/mol. The van der Waals surface area contributed by atoms with Gasteiger partial charge in [0.25, 0.3) is 5.91 Å². The standard InChI is InChI=1S/C22H28N4O5S/c1-21(9-11-24(3)16-21)8-6-5-7-17-13-18-15-25(20(28)26(18)14-17)12-10-22(2,19(27)23-29)32(4,30)31/h13-14,29H,9-12,15-16H2,1-4H3,(H,23,27). The van der Waals surface area contributed by atoms with Gasteiger partial charge >= 0.3 is 6.03 Å². The summed E-state index contributed by atoms with van der Waals surface area (Å²) in [6.07, 6.45) is 3.43. The Morgan fingerprint density at radius 1 is 1.38 bits per heavy atom. The first-order valence-corrected chi connectivity index (χ1v) is 12.1. The summed E-state index contributed by atoms with van der Waals surface area (Å²) in [6, 6.07) is 1.48. The van der Waals surface area contributed by atoms with Crippen LogP contribution in [0.2, 0.25) is 0 Å². The highest BCUT2D eigenvalue weighted by Crippen LogP contribution is 2.28. The molecule has 1 saturated heterocycles. The van der Waals surface area contributed by atoms with Gasteiger partial charge < -0.3 is 9.80 Å². The summed E-state index contributed by atoms with van der Waals surface area (Å²) in [4.78, 5) is 28.3. The number of hydrogen-bond donors (Lipinski definition) is 2. The summed E-state index contributed by atoms with van der Waals surface area (Å²) in [7, 11) is -1.75. The van der Waals surface area contributed by atoms with Gasteiger partial charge in [0.05, 0.1) is 6.54 Å². The van der Waals surface area contributed by atoms with Crippen LogP contribution in [0.1, 0.15) is 37.9 Å². The second-order valence-electron chi connectivity index (χ2n) is 9.04. The zero-order valence-electron chi connectivity index (χ0n) is 18.7. The van der Waals surface area contributed by atoms with E-state index in [1.54, 1.807) is 12.3 Å². The third-order valence-corrected chi connectivity index (χ3v) is 8.31. The second kappa shape index (κ2) is 8.62. The normalized spacial score (nSPS) is 22.4. The largest absolute Gasteiger partial charge is 0.328 e. The van der Waals surface area contributed by atoms with Crippen molar-refractivity contribution in [1.82, 2.24) is 19.8 Å². The maximum absolute atomic E-state index is 12.7. The Morgan fingerprint density at radius 2 is 2.09 bits per heavy atom. The molecule has 0 aromatic carbocycles. The van der Waals surface area contributed by atoms with Crippen molar-refractivity contribution in [1.29, 1.82) is 0 Å². The Morgan fingerprint density at radius 3 is 2.66 bits per heavy atom. The Bertz CT molecular complexity index is 1170. The fourth-order valence-electron chi connectivity index (χ4n) is 3.98. The van der Waals surface area contributed by atoms with Crippen LogP contribution in [0.15, 0.2) is 12.3 Å². The number of nitrogens with one attached hydrogen (secondary N) is 1. The van der Waals surface area contributed by atoms with E-state index < -0.39 is 20.5 Å². The van der Waals surface area contributed by atoms with E-state index in [2.05, 4.69) is 42.6 Å². The quantitative estimate of drug-likeness (QED) is 0.380. The molecule has 2 aliphatic heterocycles. The molecule has 1 aromatic heterocycles. The molecule has 3 heterocycles. The number of carbonyl (C=O) groups is 2. The van der Waals surface area contributed by atoms with Crippen LogP contribution in [0.25, 0.3) is 0 Å². The summed E-state index contributed by atoms with van der Waals surface area (Å²) in [5.74, 6) is 11.0. The number of hydroxylamine groups is 1. The molecule has 2 aliphatic rings. The van der Waals surface area contributed by atoms with Crippen molar-refractivity contribution >= 4 is 21.8 Å². The summed E-state index contributed by atoms with van der Waals surface area (Å²) in [5.41, 5.74) is 2.77. The molecule has 10 heteroatoms. The summed E-state index contributed by atoms with van der Waals surface area (Å²) < 4.78 is 23.8. The number of amides is 2. The third-order valence-electron chi connectivity index (χ3n) is 6.29. The highest BCUT2D eigenvalue weighted by Gasteiger charge is 2.44. The molecule has 0 aliphatic carbocycles. The van der Waals surface area contributed by atoms with E-state index in [1.165, 1.54) is 21.9 Å². The van der Waals surface area contributed by atoms with Crippen molar-refractivity contribution in [2.24, 2.45) is 5.41 Å². The van der Waals surface area contributed by atoms with E-state index >= 15 is 0 Å². The minimum Gasteiger partial charge on any atom is -0.318 e. The SMILES string of the molecule is CN1CCC(C)(C#CC#Cc2cc3n(c2)C(=O)N(CCC(C)(C(=O)NO)S(C)(=O)=O)C3)C1. The van der Waals surface area contributed by atoms with Gasteiger partial charge in [-0.1, -0.05) is 11.8 Å². The highest BCUT2D eigenvalue weighted by atomic mass is 32.2. The molecule has 0 radical (unpaired) electrons. The lowest BCUT2D eigenvalue weighted by molar-refractivity contribution is -0.131. The molecule has 2 atom stereocenters. The number of aromatic nitrogens is 1. The van der Waals surface area contributed by atoms with E-state index in [0.29, 0.717) is 5.56 Å². The van der Waals surface area contributed by atoms with E-state index in [4.69, 9.17) is 5.21 Å². The van der Waals surface area contributed by atoms with Gasteiger partial charge in [0.1, 0.15) is 0 Å². The summed E-state index contributed by atoms with van der Waals surface area (Å²) >= 11 is 0. The zero-order chi connectivity index (χ0) is 23.7. The van der Waals surface area contributed by atoms with Crippen LogP contribution in [-0.2, 0) is 21.2 Å². The van der Waals surface area contributed by atoms with Gasteiger partial charge in [0.15, 0.2) is 14.6 Å². The van der Waals surface area contributed by atoms with Gasteiger partial charge in [0, 0.05) is 42.2 Å². The van der Waals surface area contributed by atoms with Crippen LogP contribution >= 0.6 is 0 Å². The summed E-state index contributed by atoms with van der Waals surface area (Å²) in [5, 5.41) is 8.92. The number of rotatable bonds is 5. The molecule has 2 N–H and O–H groups in total. The molecule has 2 amide bonds. The van der Waals surface area contributed by atoms with Gasteiger partial charge in [-0.3, -0.25) is 14.6 Å². The average Bonchev–Trinajstić information content (AvgIpc) is 3.36.